The van der Waals surface area contributed by atoms with E-state index in [2.05, 4.69) is 10.6 Å². The number of hydrogen-bond acceptors (Lipinski definition) is 5. The van der Waals surface area contributed by atoms with Crippen molar-refractivity contribution < 1.29 is 19.5 Å². The molecular formula is C20H21N2O4S-. The maximum atomic E-state index is 12.9. The van der Waals surface area contributed by atoms with E-state index in [9.17, 15) is 19.5 Å². The normalized spacial score (nSPS) is 12.9. The summed E-state index contributed by atoms with van der Waals surface area (Å²) in [4.78, 5) is 36.6. The van der Waals surface area contributed by atoms with E-state index in [1.165, 1.54) is 11.3 Å². The van der Waals surface area contributed by atoms with Gasteiger partial charge in [0.1, 0.15) is 5.00 Å². The minimum absolute atomic E-state index is 0.171. The Labute approximate surface area is 161 Å². The van der Waals surface area contributed by atoms with Crippen LogP contribution in [0, 0.1) is 0 Å². The van der Waals surface area contributed by atoms with E-state index >= 15 is 0 Å². The van der Waals surface area contributed by atoms with Crippen molar-refractivity contribution in [2.45, 2.75) is 45.1 Å². The first-order chi connectivity index (χ1) is 13.0. The molecule has 2 amide bonds. The van der Waals surface area contributed by atoms with Gasteiger partial charge in [0.05, 0.1) is 5.56 Å². The number of fused-ring (bicyclic) bond motifs is 1. The molecule has 0 atom stereocenters. The first kappa shape index (κ1) is 19.1. The highest BCUT2D eigenvalue weighted by Gasteiger charge is 2.26. The van der Waals surface area contributed by atoms with Crippen molar-refractivity contribution in [1.29, 1.82) is 0 Å². The van der Waals surface area contributed by atoms with Gasteiger partial charge in [-0.05, 0) is 43.2 Å². The Morgan fingerprint density at radius 3 is 2.52 bits per heavy atom. The van der Waals surface area contributed by atoms with Crippen LogP contribution in [0.2, 0.25) is 0 Å². The maximum absolute atomic E-state index is 12.9. The number of rotatable bonds is 7. The molecule has 0 bridgehead atoms. The highest BCUT2D eigenvalue weighted by Crippen LogP contribution is 2.38. The molecule has 1 aromatic heterocycles. The number of carboxylic acid groups (broad SMARTS) is 1. The summed E-state index contributed by atoms with van der Waals surface area (Å²) in [5, 5.41) is 16.7. The predicted octanol–water partition coefficient (Wildman–Crippen LogP) is 2.03. The summed E-state index contributed by atoms with van der Waals surface area (Å²) in [5.41, 5.74) is 2.52. The molecule has 3 rings (SSSR count). The van der Waals surface area contributed by atoms with Gasteiger partial charge in [-0.2, -0.15) is 0 Å². The number of carbonyl (C=O) groups excluding carboxylic acids is 3. The number of aryl methyl sites for hydroxylation is 1. The van der Waals surface area contributed by atoms with E-state index in [1.54, 1.807) is 0 Å². The summed E-state index contributed by atoms with van der Waals surface area (Å²) in [5.74, 6) is -1.90. The van der Waals surface area contributed by atoms with Gasteiger partial charge in [0, 0.05) is 23.8 Å². The zero-order chi connectivity index (χ0) is 19.2. The molecule has 0 spiro atoms. The third-order valence-electron chi connectivity index (χ3n) is 4.50. The molecule has 1 aromatic carbocycles. The van der Waals surface area contributed by atoms with Crippen LogP contribution in [0.3, 0.4) is 0 Å². The summed E-state index contributed by atoms with van der Waals surface area (Å²) in [6.45, 7) is 0.405. The summed E-state index contributed by atoms with van der Waals surface area (Å²) >= 11 is 1.42. The molecule has 1 aliphatic rings. The van der Waals surface area contributed by atoms with Crippen molar-refractivity contribution >= 4 is 34.1 Å². The number of hydrogen-bond donors (Lipinski definition) is 2. The Balaban J connectivity index is 1.77. The maximum Gasteiger partial charge on any atom is 0.254 e. The molecule has 0 radical (unpaired) electrons. The number of aliphatic carboxylic acids is 1. The second kappa shape index (κ2) is 8.81. The molecule has 1 aliphatic carbocycles. The highest BCUT2D eigenvalue weighted by molar-refractivity contribution is 7.17. The predicted molar refractivity (Wildman–Crippen MR) is 101 cm³/mol. The number of nitrogens with one attached hydrogen (secondary N) is 2. The Bertz CT molecular complexity index is 845. The number of carboxylic acids is 1. The van der Waals surface area contributed by atoms with E-state index in [1.807, 2.05) is 30.3 Å². The zero-order valence-electron chi connectivity index (χ0n) is 14.9. The van der Waals surface area contributed by atoms with Gasteiger partial charge in [-0.15, -0.1) is 11.3 Å². The van der Waals surface area contributed by atoms with Crippen LogP contribution < -0.4 is 15.7 Å². The van der Waals surface area contributed by atoms with Crippen molar-refractivity contribution in [1.82, 2.24) is 5.32 Å². The number of carbonyl (C=O) groups is 3. The fourth-order valence-electron chi connectivity index (χ4n) is 3.17. The molecular weight excluding hydrogens is 364 g/mol. The van der Waals surface area contributed by atoms with E-state index in [-0.39, 0.29) is 18.7 Å². The lowest BCUT2D eigenvalue weighted by molar-refractivity contribution is -0.305. The van der Waals surface area contributed by atoms with Gasteiger partial charge in [0.25, 0.3) is 5.91 Å². The SMILES string of the molecule is O=C([O-])CCC(=O)Nc1sc2c(c1C(=O)NCc1ccccc1)CCCC2. The molecule has 7 heteroatoms. The quantitative estimate of drug-likeness (QED) is 0.762. The lowest BCUT2D eigenvalue weighted by Crippen LogP contribution is -2.26. The Hall–Kier alpha value is -2.67. The second-order valence-corrected chi connectivity index (χ2v) is 7.61. The molecule has 142 valence electrons. The highest BCUT2D eigenvalue weighted by atomic mass is 32.1. The summed E-state index contributed by atoms with van der Waals surface area (Å²) < 4.78 is 0. The summed E-state index contributed by atoms with van der Waals surface area (Å²) in [6, 6.07) is 9.62. The molecule has 0 fully saturated rings. The number of benzene rings is 1. The topological polar surface area (TPSA) is 98.3 Å². The van der Waals surface area contributed by atoms with Gasteiger partial charge in [0.15, 0.2) is 0 Å². The van der Waals surface area contributed by atoms with Crippen molar-refractivity contribution in [3.8, 4) is 0 Å². The van der Waals surface area contributed by atoms with Crippen LogP contribution in [-0.4, -0.2) is 17.8 Å². The molecule has 1 heterocycles. The van der Waals surface area contributed by atoms with E-state index in [4.69, 9.17) is 0 Å². The van der Waals surface area contributed by atoms with Crippen LogP contribution in [0.1, 0.15) is 52.0 Å². The Morgan fingerprint density at radius 1 is 1.04 bits per heavy atom. The fourth-order valence-corrected chi connectivity index (χ4v) is 4.47. The van der Waals surface area contributed by atoms with Gasteiger partial charge in [-0.3, -0.25) is 9.59 Å². The lowest BCUT2D eigenvalue weighted by atomic mass is 9.95. The van der Waals surface area contributed by atoms with Crippen LogP contribution in [0.25, 0.3) is 0 Å². The smallest absolute Gasteiger partial charge is 0.254 e. The molecule has 6 nitrogen and oxygen atoms in total. The lowest BCUT2D eigenvalue weighted by Gasteiger charge is -2.13. The Kier molecular flexibility index (Phi) is 6.24. The van der Waals surface area contributed by atoms with Crippen LogP contribution in [-0.2, 0) is 29.0 Å². The molecule has 2 aromatic rings. The minimum atomic E-state index is -1.27. The standard InChI is InChI=1S/C20H22N2O4S/c23-16(10-11-17(24)25)22-20-18(14-8-4-5-9-15(14)27-20)19(26)21-12-13-6-2-1-3-7-13/h1-3,6-7H,4-5,8-12H2,(H,21,26)(H,22,23)(H,24,25)/p-1. The molecule has 27 heavy (non-hydrogen) atoms. The third kappa shape index (κ3) is 4.95. The molecule has 0 saturated carbocycles. The molecule has 0 unspecified atom stereocenters. The first-order valence-corrected chi connectivity index (χ1v) is 9.82. The average molecular weight is 385 g/mol. The van der Waals surface area contributed by atoms with Gasteiger partial charge in [-0.1, -0.05) is 30.3 Å². The van der Waals surface area contributed by atoms with Gasteiger partial charge < -0.3 is 20.5 Å². The van der Waals surface area contributed by atoms with Gasteiger partial charge in [-0.25, -0.2) is 0 Å². The van der Waals surface area contributed by atoms with Crippen LogP contribution in [0.4, 0.5) is 5.00 Å². The first-order valence-electron chi connectivity index (χ1n) is 9.01. The van der Waals surface area contributed by atoms with Crippen molar-refractivity contribution in [3.05, 3.63) is 51.9 Å². The largest absolute Gasteiger partial charge is 0.550 e. The van der Waals surface area contributed by atoms with E-state index in [0.29, 0.717) is 17.1 Å². The van der Waals surface area contributed by atoms with Crippen LogP contribution in [0.5, 0.6) is 0 Å². The van der Waals surface area contributed by atoms with Gasteiger partial charge in [0.2, 0.25) is 5.91 Å². The zero-order valence-corrected chi connectivity index (χ0v) is 15.7. The second-order valence-electron chi connectivity index (χ2n) is 6.50. The minimum Gasteiger partial charge on any atom is -0.550 e. The summed E-state index contributed by atoms with van der Waals surface area (Å²) in [6.07, 6.45) is 3.28. The molecule has 2 N–H and O–H groups in total. The molecule has 0 aliphatic heterocycles. The van der Waals surface area contributed by atoms with E-state index in [0.717, 1.165) is 41.7 Å². The molecule has 0 saturated heterocycles. The monoisotopic (exact) mass is 385 g/mol. The third-order valence-corrected chi connectivity index (χ3v) is 5.71. The van der Waals surface area contributed by atoms with Crippen LogP contribution >= 0.6 is 11.3 Å². The Morgan fingerprint density at radius 2 is 1.78 bits per heavy atom. The van der Waals surface area contributed by atoms with Crippen molar-refractivity contribution in [3.63, 3.8) is 0 Å². The number of anilines is 1. The van der Waals surface area contributed by atoms with Gasteiger partial charge >= 0.3 is 0 Å². The fraction of sp³-hybridized carbons (Fsp3) is 0.350. The van der Waals surface area contributed by atoms with E-state index < -0.39 is 11.9 Å². The number of amides is 2. The van der Waals surface area contributed by atoms with Crippen LogP contribution in [0.15, 0.2) is 30.3 Å². The number of thiophene rings is 1. The van der Waals surface area contributed by atoms with Crippen molar-refractivity contribution in [2.24, 2.45) is 0 Å². The average Bonchev–Trinajstić information content (AvgIpc) is 3.03. The van der Waals surface area contributed by atoms with Crippen molar-refractivity contribution in [2.75, 3.05) is 5.32 Å². The summed E-state index contributed by atoms with van der Waals surface area (Å²) in [7, 11) is 0.